The zero-order chi connectivity index (χ0) is 34.8. The van der Waals surface area contributed by atoms with Gasteiger partial charge in [-0.2, -0.15) is 0 Å². The SMILES string of the molecule is CCCCOC(=O)CCCCCCCCCCCCCCCCCCC(=O)N[C@@H](CCC(=O)NCCOCCOCC(=O)O)C(=O)O. The first kappa shape index (κ1) is 44.3. The molecule has 0 aliphatic rings. The fourth-order valence-corrected chi connectivity index (χ4v) is 4.96. The Morgan fingerprint density at radius 1 is 0.574 bits per heavy atom. The van der Waals surface area contributed by atoms with E-state index in [9.17, 15) is 29.1 Å². The minimum atomic E-state index is -1.17. The maximum atomic E-state index is 12.2. The highest BCUT2D eigenvalue weighted by atomic mass is 16.5. The fraction of sp³-hybridized carbons (Fsp3) is 0.857. The molecule has 0 spiro atoms. The molecule has 1 atom stereocenters. The number of rotatable bonds is 35. The van der Waals surface area contributed by atoms with Crippen molar-refractivity contribution < 1.29 is 48.4 Å². The molecule has 0 saturated heterocycles. The summed E-state index contributed by atoms with van der Waals surface area (Å²) in [6, 6.07) is -1.11. The Morgan fingerprint density at radius 2 is 1.09 bits per heavy atom. The molecule has 0 fully saturated rings. The third-order valence-corrected chi connectivity index (χ3v) is 7.76. The highest BCUT2D eigenvalue weighted by molar-refractivity contribution is 5.84. The van der Waals surface area contributed by atoms with E-state index >= 15 is 0 Å². The minimum Gasteiger partial charge on any atom is -0.480 e. The molecule has 0 aromatic carbocycles. The van der Waals surface area contributed by atoms with Gasteiger partial charge in [0.1, 0.15) is 12.6 Å². The van der Waals surface area contributed by atoms with E-state index in [-0.39, 0.29) is 63.4 Å². The smallest absolute Gasteiger partial charge is 0.329 e. The summed E-state index contributed by atoms with van der Waals surface area (Å²) >= 11 is 0. The summed E-state index contributed by atoms with van der Waals surface area (Å²) in [5.41, 5.74) is 0. The van der Waals surface area contributed by atoms with E-state index in [1.54, 1.807) is 0 Å². The monoisotopic (exact) mass is 672 g/mol. The molecule has 0 aromatic heterocycles. The maximum Gasteiger partial charge on any atom is 0.329 e. The average molecular weight is 673 g/mol. The van der Waals surface area contributed by atoms with Crippen LogP contribution in [0.3, 0.4) is 0 Å². The molecule has 0 radical (unpaired) electrons. The van der Waals surface area contributed by atoms with Crippen LogP contribution in [0.5, 0.6) is 0 Å². The number of carboxylic acid groups (broad SMARTS) is 2. The van der Waals surface area contributed by atoms with E-state index < -0.39 is 24.6 Å². The predicted octanol–water partition coefficient (Wildman–Crippen LogP) is 5.94. The lowest BCUT2D eigenvalue weighted by Crippen LogP contribution is -2.41. The Balaban J connectivity index is 3.57. The third-order valence-electron chi connectivity index (χ3n) is 7.76. The summed E-state index contributed by atoms with van der Waals surface area (Å²) in [5, 5.41) is 23.0. The third kappa shape index (κ3) is 33.0. The Bertz CT molecular complexity index is 824. The summed E-state index contributed by atoms with van der Waals surface area (Å²) in [4.78, 5) is 57.6. The van der Waals surface area contributed by atoms with Gasteiger partial charge in [-0.05, 0) is 25.7 Å². The summed E-state index contributed by atoms with van der Waals surface area (Å²) in [6.07, 6.45) is 21.3. The van der Waals surface area contributed by atoms with Gasteiger partial charge in [-0.1, -0.05) is 103 Å². The quantitative estimate of drug-likeness (QED) is 0.0466. The van der Waals surface area contributed by atoms with Gasteiger partial charge in [-0.3, -0.25) is 14.4 Å². The van der Waals surface area contributed by atoms with Crippen molar-refractivity contribution in [2.75, 3.05) is 39.6 Å². The fourth-order valence-electron chi connectivity index (χ4n) is 4.96. The first-order valence-corrected chi connectivity index (χ1v) is 18.1. The van der Waals surface area contributed by atoms with Crippen LogP contribution in [-0.2, 0) is 38.2 Å². The lowest BCUT2D eigenvalue weighted by molar-refractivity contribution is -0.144. The predicted molar refractivity (Wildman–Crippen MR) is 180 cm³/mol. The van der Waals surface area contributed by atoms with Crippen LogP contribution in [-0.4, -0.2) is 85.6 Å². The van der Waals surface area contributed by atoms with Crippen molar-refractivity contribution >= 4 is 29.7 Å². The molecule has 0 saturated carbocycles. The zero-order valence-electron chi connectivity index (χ0n) is 29.0. The highest BCUT2D eigenvalue weighted by Crippen LogP contribution is 2.14. The number of nitrogens with one attached hydrogen (secondary N) is 2. The largest absolute Gasteiger partial charge is 0.480 e. The number of carbonyl (C=O) groups excluding carboxylic acids is 3. The second kappa shape index (κ2) is 33.2. The molecular weight excluding hydrogens is 608 g/mol. The van der Waals surface area contributed by atoms with Crippen LogP contribution in [0, 0.1) is 0 Å². The van der Waals surface area contributed by atoms with Crippen LogP contribution < -0.4 is 10.6 Å². The molecule has 0 bridgehead atoms. The maximum absolute atomic E-state index is 12.2. The zero-order valence-corrected chi connectivity index (χ0v) is 29.0. The molecule has 2 amide bonds. The molecule has 274 valence electrons. The molecule has 0 heterocycles. The van der Waals surface area contributed by atoms with Crippen molar-refractivity contribution in [1.82, 2.24) is 10.6 Å². The molecule has 0 aliphatic carbocycles. The highest BCUT2D eigenvalue weighted by Gasteiger charge is 2.20. The van der Waals surface area contributed by atoms with Crippen molar-refractivity contribution in [1.29, 1.82) is 0 Å². The van der Waals surface area contributed by atoms with E-state index in [1.165, 1.54) is 64.2 Å². The first-order valence-electron chi connectivity index (χ1n) is 18.1. The van der Waals surface area contributed by atoms with E-state index in [0.29, 0.717) is 19.4 Å². The molecule has 0 unspecified atom stereocenters. The average Bonchev–Trinajstić information content (AvgIpc) is 3.03. The van der Waals surface area contributed by atoms with Gasteiger partial charge in [-0.15, -0.1) is 0 Å². The number of carbonyl (C=O) groups is 5. The van der Waals surface area contributed by atoms with Gasteiger partial charge in [0.25, 0.3) is 0 Å². The van der Waals surface area contributed by atoms with Crippen molar-refractivity contribution in [3.8, 4) is 0 Å². The molecule has 0 aromatic rings. The topological polar surface area (TPSA) is 178 Å². The van der Waals surface area contributed by atoms with Crippen LogP contribution in [0.2, 0.25) is 0 Å². The molecule has 0 aliphatic heterocycles. The van der Waals surface area contributed by atoms with Gasteiger partial charge in [0.05, 0.1) is 26.4 Å². The Labute approximate surface area is 282 Å². The number of amides is 2. The second-order valence-corrected chi connectivity index (χ2v) is 12.1. The van der Waals surface area contributed by atoms with Gasteiger partial charge >= 0.3 is 17.9 Å². The van der Waals surface area contributed by atoms with Crippen molar-refractivity contribution in [3.63, 3.8) is 0 Å². The molecule has 12 nitrogen and oxygen atoms in total. The number of carboxylic acids is 2. The summed E-state index contributed by atoms with van der Waals surface area (Å²) < 4.78 is 15.2. The first-order chi connectivity index (χ1) is 22.8. The minimum absolute atomic E-state index is 0.00327. The number of aliphatic carboxylic acids is 2. The van der Waals surface area contributed by atoms with Crippen LogP contribution in [0.1, 0.15) is 148 Å². The van der Waals surface area contributed by atoms with Crippen LogP contribution in [0.15, 0.2) is 0 Å². The van der Waals surface area contributed by atoms with Gasteiger partial charge in [0.15, 0.2) is 0 Å². The number of hydrogen-bond acceptors (Lipinski definition) is 8. The number of unbranched alkanes of at least 4 members (excludes halogenated alkanes) is 16. The Kier molecular flexibility index (Phi) is 31.3. The lowest BCUT2D eigenvalue weighted by Gasteiger charge is -2.14. The summed E-state index contributed by atoms with van der Waals surface area (Å²) in [5.74, 6) is -2.92. The van der Waals surface area contributed by atoms with Gasteiger partial charge in [0.2, 0.25) is 11.8 Å². The van der Waals surface area contributed by atoms with E-state index in [4.69, 9.17) is 19.3 Å². The van der Waals surface area contributed by atoms with Gasteiger partial charge in [-0.25, -0.2) is 9.59 Å². The van der Waals surface area contributed by atoms with E-state index in [0.717, 1.165) is 44.9 Å². The normalized spacial score (nSPS) is 11.6. The van der Waals surface area contributed by atoms with Crippen molar-refractivity contribution in [2.45, 2.75) is 154 Å². The Morgan fingerprint density at radius 3 is 1.60 bits per heavy atom. The van der Waals surface area contributed by atoms with Gasteiger partial charge in [0, 0.05) is 25.8 Å². The molecule has 4 N–H and O–H groups in total. The van der Waals surface area contributed by atoms with Crippen molar-refractivity contribution in [3.05, 3.63) is 0 Å². The van der Waals surface area contributed by atoms with Crippen LogP contribution >= 0.6 is 0 Å². The standard InChI is InChI=1S/C35H64N2O10/c1-2-3-25-47-34(42)21-19-17-15-13-11-9-7-5-4-6-8-10-12-14-16-18-20-32(39)37-30(35(43)44)22-23-31(38)36-24-26-45-27-28-46-29-33(40)41/h30H,2-29H2,1H3,(H,36,38)(H,37,39)(H,40,41)(H,43,44)/t30-/m0/s1. The molecular formula is C35H64N2O10. The lowest BCUT2D eigenvalue weighted by atomic mass is 10.0. The number of esters is 1. The molecule has 47 heavy (non-hydrogen) atoms. The van der Waals surface area contributed by atoms with Crippen LogP contribution in [0.4, 0.5) is 0 Å². The molecule has 12 heteroatoms. The summed E-state index contributed by atoms with van der Waals surface area (Å²) in [6.45, 7) is 3.02. The molecule has 0 rings (SSSR count). The number of ether oxygens (including phenoxy) is 3. The Hall–Kier alpha value is -2.73. The summed E-state index contributed by atoms with van der Waals surface area (Å²) in [7, 11) is 0. The van der Waals surface area contributed by atoms with Crippen molar-refractivity contribution in [2.24, 2.45) is 0 Å². The second-order valence-electron chi connectivity index (χ2n) is 12.1. The number of hydrogen-bond donors (Lipinski definition) is 4. The van der Waals surface area contributed by atoms with E-state index in [2.05, 4.69) is 17.6 Å². The van der Waals surface area contributed by atoms with Gasteiger partial charge < -0.3 is 35.1 Å². The van der Waals surface area contributed by atoms with Crippen LogP contribution in [0.25, 0.3) is 0 Å². The van der Waals surface area contributed by atoms with E-state index in [1.807, 2.05) is 0 Å².